The van der Waals surface area contributed by atoms with E-state index in [4.69, 9.17) is 9.73 Å². The number of carbonyl (C=O) groups excluding carboxylic acids is 1. The molecule has 1 unspecified atom stereocenters. The Labute approximate surface area is 176 Å². The summed E-state index contributed by atoms with van der Waals surface area (Å²) in [6.45, 7) is 8.20. The molecule has 146 valence electrons. The Hall–Kier alpha value is -0.870. The van der Waals surface area contributed by atoms with Crippen LogP contribution >= 0.6 is 35.3 Å². The van der Waals surface area contributed by atoms with Crippen LogP contribution in [-0.2, 0) is 4.74 Å². The Morgan fingerprint density at radius 3 is 3.00 bits per heavy atom. The molecule has 0 radical (unpaired) electrons. The zero-order chi connectivity index (χ0) is 17.5. The molecule has 8 heteroatoms. The van der Waals surface area contributed by atoms with Gasteiger partial charge >= 0.3 is 0 Å². The first-order valence-electron chi connectivity index (χ1n) is 9.15. The van der Waals surface area contributed by atoms with Gasteiger partial charge in [-0.3, -0.25) is 9.79 Å². The molecule has 1 atom stereocenters. The molecule has 1 aromatic heterocycles. The molecule has 6 nitrogen and oxygen atoms in total. The van der Waals surface area contributed by atoms with Crippen molar-refractivity contribution in [2.45, 2.75) is 26.2 Å². The molecule has 2 aliphatic heterocycles. The minimum Gasteiger partial charge on any atom is -0.381 e. The molecule has 2 saturated heterocycles. The van der Waals surface area contributed by atoms with Crippen LogP contribution in [0.2, 0.25) is 0 Å². The molecule has 26 heavy (non-hydrogen) atoms. The summed E-state index contributed by atoms with van der Waals surface area (Å²) in [6.07, 6.45) is 3.19. The summed E-state index contributed by atoms with van der Waals surface area (Å²) in [5.74, 6) is 1.00. The highest BCUT2D eigenvalue weighted by Gasteiger charge is 2.42. The molecule has 3 rings (SSSR count). The first-order valence-corrected chi connectivity index (χ1v) is 10.0. The molecule has 2 N–H and O–H groups in total. The van der Waals surface area contributed by atoms with Crippen LogP contribution in [0, 0.1) is 5.41 Å². The van der Waals surface area contributed by atoms with E-state index in [1.54, 1.807) is 0 Å². The second-order valence-corrected chi connectivity index (χ2v) is 7.74. The Kier molecular flexibility index (Phi) is 8.62. The lowest BCUT2D eigenvalue weighted by Gasteiger charge is -2.25. The first kappa shape index (κ1) is 21.4. The van der Waals surface area contributed by atoms with E-state index in [-0.39, 0.29) is 29.9 Å². The van der Waals surface area contributed by atoms with E-state index in [9.17, 15) is 4.79 Å². The number of hydrogen-bond acceptors (Lipinski definition) is 4. The first-order chi connectivity index (χ1) is 12.2. The Morgan fingerprint density at radius 1 is 1.42 bits per heavy atom. The van der Waals surface area contributed by atoms with Crippen molar-refractivity contribution in [1.82, 2.24) is 15.5 Å². The fraction of sp³-hybridized carbons (Fsp3) is 0.667. The zero-order valence-corrected chi connectivity index (χ0v) is 18.5. The van der Waals surface area contributed by atoms with Crippen LogP contribution in [-0.4, -0.2) is 62.7 Å². The second kappa shape index (κ2) is 10.5. The molecule has 2 fully saturated rings. The predicted octanol–water partition coefficient (Wildman–Crippen LogP) is 2.56. The summed E-state index contributed by atoms with van der Waals surface area (Å²) in [7, 11) is 0. The van der Waals surface area contributed by atoms with Crippen molar-refractivity contribution in [1.29, 1.82) is 0 Å². The van der Waals surface area contributed by atoms with Crippen LogP contribution in [0.15, 0.2) is 22.5 Å². The molecule has 1 amide bonds. The van der Waals surface area contributed by atoms with Crippen molar-refractivity contribution in [2.24, 2.45) is 10.4 Å². The smallest absolute Gasteiger partial charge is 0.261 e. The number of thiophene rings is 1. The predicted molar refractivity (Wildman–Crippen MR) is 117 cm³/mol. The van der Waals surface area contributed by atoms with Gasteiger partial charge in [-0.1, -0.05) is 6.07 Å². The van der Waals surface area contributed by atoms with Gasteiger partial charge in [-0.25, -0.2) is 0 Å². The summed E-state index contributed by atoms with van der Waals surface area (Å²) in [5.41, 5.74) is 0.338. The molecular formula is C18H29IN4O2S. The summed E-state index contributed by atoms with van der Waals surface area (Å²) < 4.78 is 5.61. The van der Waals surface area contributed by atoms with Crippen molar-refractivity contribution in [2.75, 3.05) is 45.9 Å². The standard InChI is InChI=1S/C18H28N4O2S.HI/c1-2-19-17(22-10-6-18(13-22)7-11-24-14-18)21-9-4-8-20-16(23)15-5-3-12-25-15;/h3,5,12H,2,4,6-11,13-14H2,1H3,(H,19,21)(H,20,23);1H. The fourth-order valence-corrected chi connectivity index (χ4v) is 4.11. The minimum atomic E-state index is 0. The number of halogens is 1. The molecule has 1 spiro atoms. The SMILES string of the molecule is CCNC(=NCCCNC(=O)c1cccs1)N1CCC2(CCOC2)C1.I. The molecule has 0 bridgehead atoms. The summed E-state index contributed by atoms with van der Waals surface area (Å²) >= 11 is 1.47. The van der Waals surface area contributed by atoms with Crippen molar-refractivity contribution < 1.29 is 9.53 Å². The van der Waals surface area contributed by atoms with Gasteiger partial charge in [0.2, 0.25) is 0 Å². The zero-order valence-electron chi connectivity index (χ0n) is 15.3. The number of guanidine groups is 1. The van der Waals surface area contributed by atoms with Gasteiger partial charge in [0.1, 0.15) is 0 Å². The van der Waals surface area contributed by atoms with Crippen LogP contribution in [0.1, 0.15) is 35.9 Å². The molecule has 0 aromatic carbocycles. The summed E-state index contributed by atoms with van der Waals surface area (Å²) in [5, 5.41) is 8.27. The number of nitrogens with one attached hydrogen (secondary N) is 2. The lowest BCUT2D eigenvalue weighted by atomic mass is 9.87. The number of hydrogen-bond donors (Lipinski definition) is 2. The van der Waals surface area contributed by atoms with Gasteiger partial charge in [-0.05, 0) is 37.6 Å². The van der Waals surface area contributed by atoms with E-state index in [2.05, 4.69) is 22.5 Å². The fourth-order valence-electron chi connectivity index (χ4n) is 3.47. The lowest BCUT2D eigenvalue weighted by molar-refractivity contribution is 0.0957. The number of nitrogens with zero attached hydrogens (tertiary/aromatic N) is 2. The van der Waals surface area contributed by atoms with Crippen LogP contribution in [0.25, 0.3) is 0 Å². The van der Waals surface area contributed by atoms with Gasteiger partial charge in [0.05, 0.1) is 11.5 Å². The number of carbonyl (C=O) groups is 1. The molecule has 2 aliphatic rings. The van der Waals surface area contributed by atoms with Crippen LogP contribution in [0.4, 0.5) is 0 Å². The van der Waals surface area contributed by atoms with Crippen molar-refractivity contribution in [3.63, 3.8) is 0 Å². The van der Waals surface area contributed by atoms with E-state index in [0.717, 1.165) is 56.5 Å². The number of aliphatic imine (C=N–C) groups is 1. The monoisotopic (exact) mass is 492 g/mol. The average molecular weight is 492 g/mol. The third-order valence-corrected chi connectivity index (χ3v) is 5.75. The highest BCUT2D eigenvalue weighted by Crippen LogP contribution is 2.38. The van der Waals surface area contributed by atoms with E-state index in [1.807, 2.05) is 17.5 Å². The number of likely N-dealkylation sites (tertiary alicyclic amines) is 1. The van der Waals surface area contributed by atoms with E-state index >= 15 is 0 Å². The Bertz CT molecular complexity index is 588. The highest BCUT2D eigenvalue weighted by molar-refractivity contribution is 14.0. The maximum atomic E-state index is 11.9. The van der Waals surface area contributed by atoms with Crippen LogP contribution in [0.3, 0.4) is 0 Å². The normalized spacial score (nSPS) is 22.5. The van der Waals surface area contributed by atoms with Crippen molar-refractivity contribution in [3.8, 4) is 0 Å². The van der Waals surface area contributed by atoms with Gasteiger partial charge < -0.3 is 20.3 Å². The van der Waals surface area contributed by atoms with Crippen LogP contribution in [0.5, 0.6) is 0 Å². The summed E-state index contributed by atoms with van der Waals surface area (Å²) in [4.78, 5) is 19.8. The third-order valence-electron chi connectivity index (χ3n) is 4.88. The van der Waals surface area contributed by atoms with Crippen molar-refractivity contribution >= 4 is 47.2 Å². The van der Waals surface area contributed by atoms with Gasteiger partial charge in [-0.2, -0.15) is 0 Å². The number of rotatable bonds is 6. The lowest BCUT2D eigenvalue weighted by Crippen LogP contribution is -2.41. The largest absolute Gasteiger partial charge is 0.381 e. The molecule has 0 saturated carbocycles. The molecule has 0 aliphatic carbocycles. The number of ether oxygens (including phenoxy) is 1. The molecule has 3 heterocycles. The second-order valence-electron chi connectivity index (χ2n) is 6.80. The quantitative estimate of drug-likeness (QED) is 0.277. The van der Waals surface area contributed by atoms with Gasteiger partial charge in [-0.15, -0.1) is 35.3 Å². The van der Waals surface area contributed by atoms with Gasteiger partial charge in [0.25, 0.3) is 5.91 Å². The van der Waals surface area contributed by atoms with Crippen LogP contribution < -0.4 is 10.6 Å². The topological polar surface area (TPSA) is 66.0 Å². The van der Waals surface area contributed by atoms with Gasteiger partial charge in [0, 0.05) is 44.7 Å². The average Bonchev–Trinajstić information content (AvgIpc) is 3.37. The highest BCUT2D eigenvalue weighted by atomic mass is 127. The number of amides is 1. The molecular weight excluding hydrogens is 463 g/mol. The maximum absolute atomic E-state index is 11.9. The minimum absolute atomic E-state index is 0. The Balaban J connectivity index is 0.00000243. The van der Waals surface area contributed by atoms with E-state index in [1.165, 1.54) is 17.8 Å². The third kappa shape index (κ3) is 5.56. The summed E-state index contributed by atoms with van der Waals surface area (Å²) in [6, 6.07) is 3.74. The van der Waals surface area contributed by atoms with E-state index in [0.29, 0.717) is 18.5 Å². The maximum Gasteiger partial charge on any atom is 0.261 e. The van der Waals surface area contributed by atoms with Crippen molar-refractivity contribution in [3.05, 3.63) is 22.4 Å². The van der Waals surface area contributed by atoms with E-state index < -0.39 is 0 Å². The Morgan fingerprint density at radius 2 is 2.31 bits per heavy atom. The van der Waals surface area contributed by atoms with Gasteiger partial charge in [0.15, 0.2) is 5.96 Å². The molecule has 1 aromatic rings.